The molecule has 2 rings (SSSR count). The van der Waals surface area contributed by atoms with Gasteiger partial charge >= 0.3 is 6.01 Å². The molecule has 0 amide bonds. The van der Waals surface area contributed by atoms with Gasteiger partial charge in [0.25, 0.3) is 0 Å². The average molecular weight is 285 g/mol. The van der Waals surface area contributed by atoms with Crippen LogP contribution in [0.1, 0.15) is 13.3 Å². The minimum Gasteiger partial charge on any atom is -0.467 e. The van der Waals surface area contributed by atoms with Gasteiger partial charge in [-0.25, -0.2) is 0 Å². The van der Waals surface area contributed by atoms with Gasteiger partial charge in [0.05, 0.1) is 7.11 Å². The molecule has 0 atom stereocenters. The van der Waals surface area contributed by atoms with E-state index in [9.17, 15) is 4.21 Å². The van der Waals surface area contributed by atoms with Crippen molar-refractivity contribution in [1.82, 2.24) is 15.0 Å². The van der Waals surface area contributed by atoms with E-state index in [1.807, 2.05) is 4.90 Å². The Morgan fingerprint density at radius 2 is 2.05 bits per heavy atom. The van der Waals surface area contributed by atoms with Gasteiger partial charge in [0.2, 0.25) is 11.9 Å². The molecule has 8 heteroatoms. The summed E-state index contributed by atoms with van der Waals surface area (Å²) < 4.78 is 16.5. The third-order valence-electron chi connectivity index (χ3n) is 2.78. The van der Waals surface area contributed by atoms with Gasteiger partial charge in [-0.1, -0.05) is 6.92 Å². The Hall–Kier alpha value is -1.44. The van der Waals surface area contributed by atoms with Gasteiger partial charge in [0.1, 0.15) is 0 Å². The first-order chi connectivity index (χ1) is 9.22. The summed E-state index contributed by atoms with van der Waals surface area (Å²) in [6.45, 7) is 4.28. The lowest BCUT2D eigenvalue weighted by Gasteiger charge is -2.26. The molecule has 1 aliphatic heterocycles. The lowest BCUT2D eigenvalue weighted by molar-refractivity contribution is 0.378. The molecule has 1 fully saturated rings. The Labute approximate surface area is 115 Å². The molecule has 0 radical (unpaired) electrons. The number of ether oxygens (including phenoxy) is 1. The summed E-state index contributed by atoms with van der Waals surface area (Å²) in [6.07, 6.45) is 0.992. The van der Waals surface area contributed by atoms with Gasteiger partial charge in [0, 0.05) is 41.9 Å². The Kier molecular flexibility index (Phi) is 4.89. The second-order valence-electron chi connectivity index (χ2n) is 4.21. The molecule has 0 spiro atoms. The highest BCUT2D eigenvalue weighted by Crippen LogP contribution is 2.16. The molecule has 106 valence electrons. The first kappa shape index (κ1) is 14.0. The fourth-order valence-corrected chi connectivity index (χ4v) is 2.78. The summed E-state index contributed by atoms with van der Waals surface area (Å²) in [5.74, 6) is 2.43. The molecule has 0 aliphatic carbocycles. The minimum atomic E-state index is -0.712. The van der Waals surface area contributed by atoms with Crippen molar-refractivity contribution in [3.8, 4) is 6.01 Å². The predicted octanol–water partition coefficient (Wildman–Crippen LogP) is 0.271. The fourth-order valence-electron chi connectivity index (χ4n) is 1.73. The highest BCUT2D eigenvalue weighted by molar-refractivity contribution is 7.85. The van der Waals surface area contributed by atoms with Crippen LogP contribution in [0.15, 0.2) is 0 Å². The maximum Gasteiger partial charge on any atom is 0.322 e. The van der Waals surface area contributed by atoms with Crippen molar-refractivity contribution in [3.63, 3.8) is 0 Å². The molecule has 0 aromatic carbocycles. The molecule has 1 aromatic rings. The van der Waals surface area contributed by atoms with Crippen LogP contribution in [0.5, 0.6) is 6.01 Å². The van der Waals surface area contributed by atoms with E-state index < -0.39 is 10.8 Å². The van der Waals surface area contributed by atoms with Crippen LogP contribution in [-0.4, -0.2) is 57.4 Å². The van der Waals surface area contributed by atoms with E-state index in [2.05, 4.69) is 27.2 Å². The minimum absolute atomic E-state index is 0.301. The number of aromatic nitrogens is 3. The molecule has 0 bridgehead atoms. The summed E-state index contributed by atoms with van der Waals surface area (Å²) in [6, 6.07) is 0.301. The zero-order chi connectivity index (χ0) is 13.7. The van der Waals surface area contributed by atoms with E-state index in [-0.39, 0.29) is 0 Å². The van der Waals surface area contributed by atoms with Crippen molar-refractivity contribution in [3.05, 3.63) is 0 Å². The SMILES string of the molecule is CCCNc1nc(OC)nc(N2CCS(=O)CC2)n1. The second-order valence-corrected chi connectivity index (χ2v) is 5.90. The Balaban J connectivity index is 2.16. The highest BCUT2D eigenvalue weighted by Gasteiger charge is 2.19. The summed E-state index contributed by atoms with van der Waals surface area (Å²) in [4.78, 5) is 14.8. The second kappa shape index (κ2) is 6.65. The number of nitrogens with zero attached hydrogens (tertiary/aromatic N) is 4. The van der Waals surface area contributed by atoms with E-state index in [1.165, 1.54) is 7.11 Å². The third kappa shape index (κ3) is 3.76. The Bertz CT molecular complexity index is 447. The van der Waals surface area contributed by atoms with Gasteiger partial charge < -0.3 is 15.0 Å². The molecule has 0 saturated carbocycles. The van der Waals surface area contributed by atoms with E-state index in [0.717, 1.165) is 13.0 Å². The van der Waals surface area contributed by atoms with Crippen LogP contribution in [0.3, 0.4) is 0 Å². The maximum atomic E-state index is 11.4. The standard InChI is InChI=1S/C11H19N5O2S/c1-3-4-12-9-13-10(15-11(14-9)18-2)16-5-7-19(17)8-6-16/h3-8H2,1-2H3,(H,12,13,14,15). The van der Waals surface area contributed by atoms with Gasteiger partial charge in [-0.2, -0.15) is 15.0 Å². The van der Waals surface area contributed by atoms with Crippen LogP contribution in [0.25, 0.3) is 0 Å². The summed E-state index contributed by atoms with van der Waals surface area (Å²) in [5, 5.41) is 3.13. The van der Waals surface area contributed by atoms with Gasteiger partial charge in [-0.05, 0) is 6.42 Å². The van der Waals surface area contributed by atoms with Crippen molar-refractivity contribution < 1.29 is 8.95 Å². The van der Waals surface area contributed by atoms with Crippen molar-refractivity contribution in [2.24, 2.45) is 0 Å². The monoisotopic (exact) mass is 285 g/mol. The normalized spacial score (nSPS) is 16.4. The number of rotatable bonds is 5. The molecule has 19 heavy (non-hydrogen) atoms. The van der Waals surface area contributed by atoms with E-state index in [1.54, 1.807) is 0 Å². The smallest absolute Gasteiger partial charge is 0.322 e. The van der Waals surface area contributed by atoms with Crippen LogP contribution < -0.4 is 15.0 Å². The summed E-state index contributed by atoms with van der Waals surface area (Å²) >= 11 is 0. The van der Waals surface area contributed by atoms with Crippen molar-refractivity contribution in [2.45, 2.75) is 13.3 Å². The fraction of sp³-hybridized carbons (Fsp3) is 0.727. The summed E-state index contributed by atoms with van der Waals surface area (Å²) in [5.41, 5.74) is 0. The third-order valence-corrected chi connectivity index (χ3v) is 4.06. The number of anilines is 2. The van der Waals surface area contributed by atoms with Crippen molar-refractivity contribution in [2.75, 3.05) is 48.5 Å². The molecule has 7 nitrogen and oxygen atoms in total. The molecule has 1 saturated heterocycles. The summed E-state index contributed by atoms with van der Waals surface area (Å²) in [7, 11) is 0.824. The van der Waals surface area contributed by atoms with Crippen molar-refractivity contribution in [1.29, 1.82) is 0 Å². The van der Waals surface area contributed by atoms with Crippen LogP contribution in [0.4, 0.5) is 11.9 Å². The van der Waals surface area contributed by atoms with Gasteiger partial charge in [0.15, 0.2) is 0 Å². The van der Waals surface area contributed by atoms with Crippen LogP contribution in [0, 0.1) is 0 Å². The van der Waals surface area contributed by atoms with E-state index >= 15 is 0 Å². The molecule has 1 aliphatic rings. The Morgan fingerprint density at radius 3 is 2.68 bits per heavy atom. The molecular weight excluding hydrogens is 266 g/mol. The lowest BCUT2D eigenvalue weighted by atomic mass is 10.5. The van der Waals surface area contributed by atoms with E-state index in [0.29, 0.717) is 42.5 Å². The van der Waals surface area contributed by atoms with Crippen LogP contribution >= 0.6 is 0 Å². The number of hydrogen-bond donors (Lipinski definition) is 1. The zero-order valence-electron chi connectivity index (χ0n) is 11.3. The quantitative estimate of drug-likeness (QED) is 0.831. The molecule has 0 unspecified atom stereocenters. The Morgan fingerprint density at radius 1 is 1.32 bits per heavy atom. The van der Waals surface area contributed by atoms with Crippen molar-refractivity contribution >= 4 is 22.7 Å². The average Bonchev–Trinajstić information content (AvgIpc) is 2.45. The van der Waals surface area contributed by atoms with Crippen LogP contribution in [-0.2, 0) is 10.8 Å². The molecule has 2 heterocycles. The lowest BCUT2D eigenvalue weighted by Crippen LogP contribution is -2.39. The first-order valence-electron chi connectivity index (χ1n) is 6.36. The van der Waals surface area contributed by atoms with Gasteiger partial charge in [-0.15, -0.1) is 0 Å². The predicted molar refractivity (Wildman–Crippen MR) is 75.2 cm³/mol. The largest absolute Gasteiger partial charge is 0.467 e. The number of hydrogen-bond acceptors (Lipinski definition) is 7. The topological polar surface area (TPSA) is 80.2 Å². The highest BCUT2D eigenvalue weighted by atomic mass is 32.2. The van der Waals surface area contributed by atoms with E-state index in [4.69, 9.17) is 4.74 Å². The first-order valence-corrected chi connectivity index (χ1v) is 7.85. The molecule has 1 N–H and O–H groups in total. The van der Waals surface area contributed by atoms with Gasteiger partial charge in [-0.3, -0.25) is 4.21 Å². The van der Waals surface area contributed by atoms with Crippen LogP contribution in [0.2, 0.25) is 0 Å². The molecule has 1 aromatic heterocycles. The molecular formula is C11H19N5O2S. The zero-order valence-corrected chi connectivity index (χ0v) is 12.1. The number of nitrogens with one attached hydrogen (secondary N) is 1. The number of methoxy groups -OCH3 is 1. The maximum absolute atomic E-state index is 11.4.